The summed E-state index contributed by atoms with van der Waals surface area (Å²) in [7, 11) is 0. The van der Waals surface area contributed by atoms with Gasteiger partial charge in [0.15, 0.2) is 5.78 Å². The van der Waals surface area contributed by atoms with E-state index >= 15 is 0 Å². The van der Waals surface area contributed by atoms with Gasteiger partial charge in [0.25, 0.3) is 0 Å². The van der Waals surface area contributed by atoms with Gasteiger partial charge in [-0.1, -0.05) is 55.4 Å². The third-order valence-corrected chi connectivity index (χ3v) is 9.87. The Kier molecular flexibility index (Phi) is 8.60. The first-order chi connectivity index (χ1) is 20.8. The smallest absolute Gasteiger partial charge is 0.194 e. The number of nitrogens with zero attached hydrogens (tertiary/aromatic N) is 3. The van der Waals surface area contributed by atoms with E-state index in [1.54, 1.807) is 0 Å². The van der Waals surface area contributed by atoms with E-state index in [4.69, 9.17) is 15.0 Å². The van der Waals surface area contributed by atoms with Gasteiger partial charge in [-0.25, -0.2) is 15.0 Å². The van der Waals surface area contributed by atoms with Gasteiger partial charge in [-0.3, -0.25) is 4.79 Å². The van der Waals surface area contributed by atoms with Crippen molar-refractivity contribution in [2.45, 2.75) is 107 Å². The van der Waals surface area contributed by atoms with E-state index in [-0.39, 0.29) is 5.78 Å². The second-order valence-corrected chi connectivity index (χ2v) is 11.6. The van der Waals surface area contributed by atoms with Crippen LogP contribution in [0.3, 0.4) is 0 Å². The van der Waals surface area contributed by atoms with Crippen LogP contribution in [-0.4, -0.2) is 33.0 Å². The fourth-order valence-corrected chi connectivity index (χ4v) is 7.49. The van der Waals surface area contributed by atoms with Crippen LogP contribution >= 0.6 is 0 Å². The molecule has 0 unspecified atom stereocenters. The normalized spacial score (nSPS) is 20.5. The number of rotatable bonds is 8. The molecule has 1 aromatic rings. The van der Waals surface area contributed by atoms with E-state index in [1.165, 1.54) is 22.3 Å². The van der Waals surface area contributed by atoms with E-state index in [2.05, 4.69) is 78.6 Å². The molecule has 1 aromatic heterocycles. The van der Waals surface area contributed by atoms with E-state index in [9.17, 15) is 9.90 Å². The molecule has 8 bridgehead atoms. The van der Waals surface area contributed by atoms with Crippen LogP contribution in [0.25, 0.3) is 12.2 Å². The first-order valence-electron chi connectivity index (χ1n) is 16.3. The van der Waals surface area contributed by atoms with Crippen molar-refractivity contribution in [2.24, 2.45) is 20.4 Å². The molecule has 5 heterocycles. The van der Waals surface area contributed by atoms with Crippen LogP contribution in [0.1, 0.15) is 116 Å². The zero-order chi connectivity index (χ0) is 31.1. The molecule has 2 N–H and O–H groups in total. The second kappa shape index (κ2) is 12.1. The van der Waals surface area contributed by atoms with Crippen molar-refractivity contribution >= 4 is 35.1 Å². The quantitative estimate of drug-likeness (QED) is 0.301. The molecular formula is C37H46N4O2. The van der Waals surface area contributed by atoms with Gasteiger partial charge in [-0.2, -0.15) is 0 Å². The minimum absolute atomic E-state index is 0.0446. The lowest BCUT2D eigenvalue weighted by molar-refractivity contribution is -0.119. The van der Waals surface area contributed by atoms with Gasteiger partial charge in [-0.15, -0.1) is 0 Å². The Balaban J connectivity index is 1.92. The van der Waals surface area contributed by atoms with Crippen LogP contribution in [0.5, 0.6) is 0 Å². The van der Waals surface area contributed by atoms with Crippen molar-refractivity contribution in [2.75, 3.05) is 0 Å². The molecule has 4 aliphatic heterocycles. The molecule has 0 aliphatic carbocycles. The molecule has 0 spiro atoms. The summed E-state index contributed by atoms with van der Waals surface area (Å²) in [6, 6.07) is 0. The lowest BCUT2D eigenvalue weighted by atomic mass is 9.74. The number of aliphatic hydroxyl groups excluding tert-OH is 1. The third-order valence-electron chi connectivity index (χ3n) is 9.87. The van der Waals surface area contributed by atoms with Gasteiger partial charge in [-0.05, 0) is 103 Å². The fraction of sp³-hybridized carbons (Fsp3) is 0.459. The standard InChI is InChI=1S/C37H46N4O2/c1-9-21-22(10-2)30-18-31-25(13-5)26(14-6)34(40-31)27(20-42)35-36(43)37(15-7,16-8)33(41-35)19-32-24(12-4)23(11-3)29(39-32)17-28(21)38-30/h17-20,39,42H,9-16H2,1-8H3/b27-20+,28-17?,31-18?,33-19?. The summed E-state index contributed by atoms with van der Waals surface area (Å²) in [6.45, 7) is 17.1. The van der Waals surface area contributed by atoms with Crippen molar-refractivity contribution in [3.05, 3.63) is 79.8 Å². The summed E-state index contributed by atoms with van der Waals surface area (Å²) in [5.74, 6) is -0.0446. The van der Waals surface area contributed by atoms with Gasteiger partial charge in [0.1, 0.15) is 5.71 Å². The number of aromatic amines is 1. The number of nitrogens with one attached hydrogen (secondary N) is 1. The van der Waals surface area contributed by atoms with E-state index in [0.29, 0.717) is 29.8 Å². The molecule has 226 valence electrons. The van der Waals surface area contributed by atoms with E-state index < -0.39 is 5.41 Å². The van der Waals surface area contributed by atoms with Crippen LogP contribution in [0.4, 0.5) is 0 Å². The average molecular weight is 579 g/mol. The molecular weight excluding hydrogens is 532 g/mol. The Hall–Kier alpha value is -3.80. The third kappa shape index (κ3) is 4.61. The molecule has 0 atom stereocenters. The molecule has 43 heavy (non-hydrogen) atoms. The summed E-state index contributed by atoms with van der Waals surface area (Å²) in [4.78, 5) is 33.5. The Labute approximate surface area is 256 Å². The summed E-state index contributed by atoms with van der Waals surface area (Å²) >= 11 is 0. The number of aromatic nitrogens is 1. The van der Waals surface area contributed by atoms with Crippen molar-refractivity contribution in [1.29, 1.82) is 0 Å². The first-order valence-corrected chi connectivity index (χ1v) is 16.3. The van der Waals surface area contributed by atoms with Gasteiger partial charge < -0.3 is 10.1 Å². The molecule has 6 nitrogen and oxygen atoms in total. The zero-order valence-corrected chi connectivity index (χ0v) is 27.2. The summed E-state index contributed by atoms with van der Waals surface area (Å²) in [5, 5.41) is 10.7. The highest BCUT2D eigenvalue weighted by atomic mass is 16.2. The lowest BCUT2D eigenvalue weighted by Crippen LogP contribution is -2.33. The SMILES string of the molecule is CCC1=C(CC)C2=NC1=Cc1[nH]c(c(CC)c1CC)C=C1N=C(C(=O)C1(CC)CC)/C(=C/O)C1=NC(=C2)C(CC)=C1CC. The summed E-state index contributed by atoms with van der Waals surface area (Å²) in [5.41, 5.74) is 13.4. The minimum Gasteiger partial charge on any atom is -0.515 e. The number of aliphatic imine (C=N–C) groups is 3. The van der Waals surface area contributed by atoms with Crippen LogP contribution in [0.2, 0.25) is 0 Å². The highest BCUT2D eigenvalue weighted by Gasteiger charge is 2.48. The lowest BCUT2D eigenvalue weighted by Gasteiger charge is -2.25. The number of carbonyl (C=O) groups excluding carboxylic acids is 1. The van der Waals surface area contributed by atoms with Gasteiger partial charge in [0.05, 0.1) is 45.8 Å². The number of fused-ring (bicyclic) bond motifs is 5. The molecule has 0 aromatic carbocycles. The second-order valence-electron chi connectivity index (χ2n) is 11.6. The molecule has 0 saturated heterocycles. The highest BCUT2D eigenvalue weighted by Crippen LogP contribution is 2.46. The predicted octanol–water partition coefficient (Wildman–Crippen LogP) is 9.13. The molecule has 0 saturated carbocycles. The molecule has 6 heteroatoms. The maximum absolute atomic E-state index is 14.4. The largest absolute Gasteiger partial charge is 0.515 e. The maximum Gasteiger partial charge on any atom is 0.194 e. The van der Waals surface area contributed by atoms with Crippen molar-refractivity contribution < 1.29 is 9.90 Å². The van der Waals surface area contributed by atoms with Gasteiger partial charge in [0, 0.05) is 11.4 Å². The minimum atomic E-state index is -0.765. The highest BCUT2D eigenvalue weighted by molar-refractivity contribution is 6.57. The average Bonchev–Trinajstić information content (AvgIpc) is 3.72. The van der Waals surface area contributed by atoms with Crippen molar-refractivity contribution in [3.63, 3.8) is 0 Å². The summed E-state index contributed by atoms with van der Waals surface area (Å²) < 4.78 is 0. The topological polar surface area (TPSA) is 90.2 Å². The number of carbonyl (C=O) groups is 1. The van der Waals surface area contributed by atoms with E-state index in [1.807, 2.05) is 0 Å². The fourth-order valence-electron chi connectivity index (χ4n) is 7.49. The maximum atomic E-state index is 14.4. The Morgan fingerprint density at radius 1 is 0.674 bits per heavy atom. The Morgan fingerprint density at radius 2 is 1.23 bits per heavy atom. The predicted molar refractivity (Wildman–Crippen MR) is 180 cm³/mol. The number of allylic oxidation sites excluding steroid dienone is 7. The van der Waals surface area contributed by atoms with Gasteiger partial charge >= 0.3 is 0 Å². The number of ketones is 1. The zero-order valence-electron chi connectivity index (χ0n) is 27.2. The molecule has 5 rings (SSSR count). The molecule has 0 fully saturated rings. The molecule has 4 aliphatic rings. The Bertz CT molecular complexity index is 1660. The number of hydrogen-bond donors (Lipinski definition) is 2. The van der Waals surface area contributed by atoms with Crippen LogP contribution in [0, 0.1) is 5.41 Å². The number of H-pyrrole nitrogens is 1. The summed E-state index contributed by atoms with van der Waals surface area (Å²) in [6.07, 6.45) is 13.7. The van der Waals surface area contributed by atoms with Crippen LogP contribution in [0.15, 0.2) is 72.3 Å². The van der Waals surface area contributed by atoms with Crippen molar-refractivity contribution in [1.82, 2.24) is 4.98 Å². The van der Waals surface area contributed by atoms with Crippen LogP contribution in [-0.2, 0) is 17.6 Å². The van der Waals surface area contributed by atoms with E-state index in [0.717, 1.165) is 90.1 Å². The Morgan fingerprint density at radius 3 is 1.77 bits per heavy atom. The number of Topliss-reactive ketones (excluding diaryl/α,β-unsaturated/α-hetero) is 1. The number of aliphatic hydroxyl groups is 1. The van der Waals surface area contributed by atoms with Gasteiger partial charge in [0.2, 0.25) is 0 Å². The van der Waals surface area contributed by atoms with Crippen molar-refractivity contribution in [3.8, 4) is 0 Å². The first kappa shape index (κ1) is 30.7. The number of hydrogen-bond acceptors (Lipinski definition) is 5. The monoisotopic (exact) mass is 578 g/mol. The molecule has 0 radical (unpaired) electrons. The van der Waals surface area contributed by atoms with Crippen LogP contribution < -0.4 is 0 Å². The molecule has 0 amide bonds.